The molecule has 1 aromatic heterocycles. The van der Waals surface area contributed by atoms with Crippen LogP contribution in [0.4, 0.5) is 0 Å². The maximum absolute atomic E-state index is 12.8. The van der Waals surface area contributed by atoms with Gasteiger partial charge in [-0.15, -0.1) is 0 Å². The van der Waals surface area contributed by atoms with Crippen LogP contribution < -0.4 is 4.74 Å². The van der Waals surface area contributed by atoms with Gasteiger partial charge in [-0.25, -0.2) is 4.68 Å². The van der Waals surface area contributed by atoms with E-state index in [2.05, 4.69) is 6.92 Å². The molecule has 2 heterocycles. The summed E-state index contributed by atoms with van der Waals surface area (Å²) in [5.41, 5.74) is 4.03. The first kappa shape index (κ1) is 17.1. The molecule has 1 atom stereocenters. The number of morpholine rings is 1. The van der Waals surface area contributed by atoms with Crippen LogP contribution in [0.2, 0.25) is 0 Å². The molecular formula is C20H25N3O3. The van der Waals surface area contributed by atoms with Gasteiger partial charge in [0.2, 0.25) is 5.91 Å². The minimum atomic E-state index is -0.0591. The van der Waals surface area contributed by atoms with Crippen molar-refractivity contribution >= 4 is 5.91 Å². The zero-order valence-electron chi connectivity index (χ0n) is 15.6. The highest BCUT2D eigenvalue weighted by molar-refractivity contribution is 5.81. The van der Waals surface area contributed by atoms with Crippen LogP contribution in [-0.2, 0) is 9.53 Å². The molecule has 1 aliphatic carbocycles. The maximum atomic E-state index is 12.8. The van der Waals surface area contributed by atoms with Crippen LogP contribution in [0.3, 0.4) is 0 Å². The molecule has 2 aromatic rings. The standard InChI is InChI=1S/C20H25N3O3/c1-13-19(18-12-26-10-9-22(18)20(24)15-7-8-15)14(2)23(21-13)16-5-4-6-17(11-16)25-3/h4-6,11,15,18H,7-10,12H2,1-3H3/t18-/m0/s1. The Kier molecular flexibility index (Phi) is 4.44. The van der Waals surface area contributed by atoms with E-state index in [1.807, 2.05) is 40.8 Å². The molecule has 2 fully saturated rings. The number of carbonyl (C=O) groups is 1. The molecule has 138 valence electrons. The topological polar surface area (TPSA) is 56.6 Å². The number of hydrogen-bond donors (Lipinski definition) is 0. The van der Waals surface area contributed by atoms with E-state index in [9.17, 15) is 4.79 Å². The van der Waals surface area contributed by atoms with Crippen molar-refractivity contribution in [3.05, 3.63) is 41.2 Å². The first-order valence-electron chi connectivity index (χ1n) is 9.19. The Morgan fingerprint density at radius 2 is 2.12 bits per heavy atom. The molecule has 1 saturated heterocycles. The van der Waals surface area contributed by atoms with Gasteiger partial charge >= 0.3 is 0 Å². The third-order valence-electron chi connectivity index (χ3n) is 5.32. The summed E-state index contributed by atoms with van der Waals surface area (Å²) in [7, 11) is 1.66. The van der Waals surface area contributed by atoms with E-state index in [1.165, 1.54) is 0 Å². The van der Waals surface area contributed by atoms with E-state index in [0.717, 1.165) is 41.2 Å². The molecule has 0 unspecified atom stereocenters. The van der Waals surface area contributed by atoms with Crippen LogP contribution >= 0.6 is 0 Å². The number of amides is 1. The van der Waals surface area contributed by atoms with Crippen molar-refractivity contribution in [3.63, 3.8) is 0 Å². The fourth-order valence-electron chi connectivity index (χ4n) is 3.80. The summed E-state index contributed by atoms with van der Waals surface area (Å²) in [5, 5.41) is 4.75. The van der Waals surface area contributed by atoms with Crippen LogP contribution in [0.5, 0.6) is 5.75 Å². The third-order valence-corrected chi connectivity index (χ3v) is 5.32. The van der Waals surface area contributed by atoms with Gasteiger partial charge in [-0.3, -0.25) is 4.79 Å². The number of carbonyl (C=O) groups excluding carboxylic acids is 1. The normalized spacial score (nSPS) is 20.3. The largest absolute Gasteiger partial charge is 0.497 e. The highest BCUT2D eigenvalue weighted by atomic mass is 16.5. The summed E-state index contributed by atoms with van der Waals surface area (Å²) >= 11 is 0. The summed E-state index contributed by atoms with van der Waals surface area (Å²) in [5.74, 6) is 1.28. The van der Waals surface area contributed by atoms with Gasteiger partial charge in [-0.05, 0) is 38.8 Å². The lowest BCUT2D eigenvalue weighted by molar-refractivity contribution is -0.141. The Hall–Kier alpha value is -2.34. The third kappa shape index (κ3) is 2.98. The number of nitrogens with zero attached hydrogens (tertiary/aromatic N) is 3. The summed E-state index contributed by atoms with van der Waals surface area (Å²) < 4.78 is 13.0. The van der Waals surface area contributed by atoms with E-state index in [4.69, 9.17) is 14.6 Å². The number of rotatable bonds is 4. The Labute approximate surface area is 153 Å². The monoisotopic (exact) mass is 355 g/mol. The molecule has 0 N–H and O–H groups in total. The molecule has 1 amide bonds. The highest BCUT2D eigenvalue weighted by Crippen LogP contribution is 2.37. The van der Waals surface area contributed by atoms with Gasteiger partial charge in [-0.2, -0.15) is 5.10 Å². The van der Waals surface area contributed by atoms with Crippen LogP contribution in [0.25, 0.3) is 5.69 Å². The zero-order chi connectivity index (χ0) is 18.3. The molecular weight excluding hydrogens is 330 g/mol. The van der Waals surface area contributed by atoms with Gasteiger partial charge in [0.15, 0.2) is 0 Å². The number of methoxy groups -OCH3 is 1. The van der Waals surface area contributed by atoms with E-state index < -0.39 is 0 Å². The van der Waals surface area contributed by atoms with Crippen molar-refractivity contribution in [2.75, 3.05) is 26.9 Å². The van der Waals surface area contributed by atoms with Crippen LogP contribution in [0.1, 0.15) is 35.8 Å². The average molecular weight is 355 g/mol. The summed E-state index contributed by atoms with van der Waals surface area (Å²) in [6.45, 7) is 5.86. The van der Waals surface area contributed by atoms with Crippen molar-refractivity contribution in [1.29, 1.82) is 0 Å². The van der Waals surface area contributed by atoms with Gasteiger partial charge in [0.25, 0.3) is 0 Å². The molecule has 6 nitrogen and oxygen atoms in total. The molecule has 0 bridgehead atoms. The van der Waals surface area contributed by atoms with Gasteiger partial charge in [0.05, 0.1) is 37.7 Å². The molecule has 1 saturated carbocycles. The zero-order valence-corrected chi connectivity index (χ0v) is 15.6. The number of ether oxygens (including phenoxy) is 2. The second-order valence-electron chi connectivity index (χ2n) is 7.09. The first-order chi connectivity index (χ1) is 12.6. The highest BCUT2D eigenvalue weighted by Gasteiger charge is 2.39. The van der Waals surface area contributed by atoms with Crippen molar-refractivity contribution in [1.82, 2.24) is 14.7 Å². The molecule has 2 aliphatic rings. The lowest BCUT2D eigenvalue weighted by Gasteiger charge is -2.36. The van der Waals surface area contributed by atoms with Gasteiger partial charge in [0, 0.05) is 29.8 Å². The van der Waals surface area contributed by atoms with E-state index in [1.54, 1.807) is 7.11 Å². The van der Waals surface area contributed by atoms with Crippen LogP contribution in [-0.4, -0.2) is 47.5 Å². The summed E-state index contributed by atoms with van der Waals surface area (Å²) in [4.78, 5) is 14.8. The number of aromatic nitrogens is 2. The van der Waals surface area contributed by atoms with Gasteiger partial charge in [0.1, 0.15) is 5.75 Å². The second-order valence-corrected chi connectivity index (χ2v) is 7.09. The van der Waals surface area contributed by atoms with Gasteiger partial charge in [-0.1, -0.05) is 6.07 Å². The Morgan fingerprint density at radius 1 is 1.31 bits per heavy atom. The maximum Gasteiger partial charge on any atom is 0.226 e. The molecule has 0 radical (unpaired) electrons. The molecule has 1 aromatic carbocycles. The number of aryl methyl sites for hydroxylation is 1. The average Bonchev–Trinajstić information content (AvgIpc) is 3.47. The lowest BCUT2D eigenvalue weighted by Crippen LogP contribution is -2.44. The summed E-state index contributed by atoms with van der Waals surface area (Å²) in [6.07, 6.45) is 2.04. The Balaban J connectivity index is 1.71. The molecule has 26 heavy (non-hydrogen) atoms. The smallest absolute Gasteiger partial charge is 0.226 e. The Morgan fingerprint density at radius 3 is 2.85 bits per heavy atom. The van der Waals surface area contributed by atoms with E-state index >= 15 is 0 Å². The number of hydrogen-bond acceptors (Lipinski definition) is 4. The van der Waals surface area contributed by atoms with Crippen LogP contribution in [0, 0.1) is 19.8 Å². The van der Waals surface area contributed by atoms with Gasteiger partial charge < -0.3 is 14.4 Å². The molecule has 1 aliphatic heterocycles. The fourth-order valence-corrected chi connectivity index (χ4v) is 3.80. The SMILES string of the molecule is COc1cccc(-n2nc(C)c([C@@H]3COCCN3C(=O)C3CC3)c2C)c1. The predicted molar refractivity (Wildman–Crippen MR) is 97.6 cm³/mol. The van der Waals surface area contributed by atoms with E-state index in [0.29, 0.717) is 19.8 Å². The van der Waals surface area contributed by atoms with E-state index in [-0.39, 0.29) is 17.9 Å². The van der Waals surface area contributed by atoms with Crippen molar-refractivity contribution in [2.45, 2.75) is 32.7 Å². The summed E-state index contributed by atoms with van der Waals surface area (Å²) in [6, 6.07) is 7.79. The molecule has 4 rings (SSSR count). The molecule has 6 heteroatoms. The Bertz CT molecular complexity index is 826. The predicted octanol–water partition coefficient (Wildman–Crippen LogP) is 2.81. The minimum absolute atomic E-state index is 0.0591. The second kappa shape index (κ2) is 6.76. The van der Waals surface area contributed by atoms with Crippen LogP contribution in [0.15, 0.2) is 24.3 Å². The first-order valence-corrected chi connectivity index (χ1v) is 9.19. The lowest BCUT2D eigenvalue weighted by atomic mass is 10.0. The minimum Gasteiger partial charge on any atom is -0.497 e. The fraction of sp³-hybridized carbons (Fsp3) is 0.500. The quantitative estimate of drug-likeness (QED) is 0.846. The number of benzene rings is 1. The van der Waals surface area contributed by atoms with Crippen molar-refractivity contribution < 1.29 is 14.3 Å². The molecule has 0 spiro atoms. The van der Waals surface area contributed by atoms with Crippen molar-refractivity contribution in [2.24, 2.45) is 5.92 Å². The van der Waals surface area contributed by atoms with Crippen molar-refractivity contribution in [3.8, 4) is 11.4 Å².